The van der Waals surface area contributed by atoms with Crippen LogP contribution in [0.5, 0.6) is 0 Å². The van der Waals surface area contributed by atoms with E-state index in [1.807, 2.05) is 0 Å². The zero-order chi connectivity index (χ0) is 24.9. The molecular formula is C26H37KO6S2. The minimum absolute atomic E-state index is 0. The average Bonchev–Trinajstić information content (AvgIpc) is 2.81. The first-order valence-electron chi connectivity index (χ1n) is 12.2. The first-order chi connectivity index (χ1) is 16.3. The summed E-state index contributed by atoms with van der Waals surface area (Å²) < 4.78 is 68.6. The van der Waals surface area contributed by atoms with E-state index in [1.54, 1.807) is 36.4 Å². The molecule has 0 bridgehead atoms. The van der Waals surface area contributed by atoms with Gasteiger partial charge in [-0.1, -0.05) is 125 Å². The van der Waals surface area contributed by atoms with Crippen molar-refractivity contribution in [2.24, 2.45) is 0 Å². The van der Waals surface area contributed by atoms with E-state index in [9.17, 15) is 21.4 Å². The second-order valence-corrected chi connectivity index (χ2v) is 11.9. The van der Waals surface area contributed by atoms with Crippen molar-refractivity contribution >= 4 is 20.2 Å². The molecule has 0 spiro atoms. The van der Waals surface area contributed by atoms with Gasteiger partial charge in [0.15, 0.2) is 0 Å². The Kier molecular flexibility index (Phi) is 16.4. The van der Waals surface area contributed by atoms with Gasteiger partial charge < -0.3 is 4.55 Å². The molecule has 2 unspecified atom stereocenters. The zero-order valence-electron chi connectivity index (χ0n) is 21.0. The molecule has 2 rings (SSSR count). The largest absolute Gasteiger partial charge is 1.00 e. The van der Waals surface area contributed by atoms with Crippen LogP contribution in [0.1, 0.15) is 92.8 Å². The maximum Gasteiger partial charge on any atom is 1.00 e. The third-order valence-electron chi connectivity index (χ3n) is 5.90. The minimum atomic E-state index is -5.01. The predicted molar refractivity (Wildman–Crippen MR) is 135 cm³/mol. The predicted octanol–water partition coefficient (Wildman–Crippen LogP) is 3.29. The monoisotopic (exact) mass is 548 g/mol. The van der Waals surface area contributed by atoms with Crippen molar-refractivity contribution in [1.82, 2.24) is 0 Å². The van der Waals surface area contributed by atoms with Gasteiger partial charge in [0.05, 0.1) is 11.9 Å². The van der Waals surface area contributed by atoms with Crippen LogP contribution in [0, 0.1) is 0 Å². The van der Waals surface area contributed by atoms with E-state index < -0.39 is 30.7 Å². The summed E-state index contributed by atoms with van der Waals surface area (Å²) in [4.78, 5) is 0. The van der Waals surface area contributed by atoms with E-state index in [2.05, 4.69) is 6.92 Å². The van der Waals surface area contributed by atoms with Gasteiger partial charge in [-0.3, -0.25) is 4.18 Å². The molecule has 0 aliphatic carbocycles. The molecule has 0 heterocycles. The van der Waals surface area contributed by atoms with Crippen molar-refractivity contribution in [1.29, 1.82) is 0 Å². The Labute approximate surface area is 254 Å². The topological polar surface area (TPSA) is 101 Å². The second-order valence-electron chi connectivity index (χ2n) is 8.65. The van der Waals surface area contributed by atoms with Crippen LogP contribution in [-0.2, 0) is 24.4 Å². The normalized spacial score (nSPS) is 13.7. The molecule has 0 aromatic heterocycles. The molecule has 0 amide bonds. The van der Waals surface area contributed by atoms with Crippen LogP contribution in [0.3, 0.4) is 0 Å². The maximum absolute atomic E-state index is 13.2. The molecule has 0 aliphatic rings. The number of benzene rings is 2. The second kappa shape index (κ2) is 17.4. The molecule has 2 aromatic carbocycles. The molecule has 0 saturated heterocycles. The Bertz CT molecular complexity index is 1030. The van der Waals surface area contributed by atoms with Crippen LogP contribution in [0.2, 0.25) is 0 Å². The Hall–Kier alpha value is -0.104. The SMILES string of the molecule is CCCCCCCCCCCCOS(=O)(=O)C(c1ccccc1)C(c1ccccc1)S(=O)(=O)[O-].[K+]. The number of unbranched alkanes of at least 4 members (excludes halogenated alkanes) is 9. The summed E-state index contributed by atoms with van der Waals surface area (Å²) in [5, 5.41) is -3.46. The smallest absolute Gasteiger partial charge is 0.747 e. The number of hydrogen-bond donors (Lipinski definition) is 0. The summed E-state index contributed by atoms with van der Waals surface area (Å²) in [6.45, 7) is 2.16. The van der Waals surface area contributed by atoms with Gasteiger partial charge >= 0.3 is 51.4 Å². The maximum atomic E-state index is 13.2. The first-order valence-corrected chi connectivity index (χ1v) is 15.1. The molecule has 0 saturated carbocycles. The summed E-state index contributed by atoms with van der Waals surface area (Å²) in [6, 6.07) is 15.7. The summed E-state index contributed by atoms with van der Waals surface area (Å²) in [5.74, 6) is 0. The van der Waals surface area contributed by atoms with Crippen molar-refractivity contribution in [3.63, 3.8) is 0 Å². The third-order valence-corrected chi connectivity index (χ3v) is 8.90. The van der Waals surface area contributed by atoms with Crippen LogP contribution in [0.25, 0.3) is 0 Å². The first kappa shape index (κ1) is 32.9. The molecule has 9 heteroatoms. The quantitative estimate of drug-likeness (QED) is 0.130. The van der Waals surface area contributed by atoms with Crippen molar-refractivity contribution in [2.75, 3.05) is 6.61 Å². The van der Waals surface area contributed by atoms with E-state index in [0.717, 1.165) is 19.3 Å². The molecule has 0 aliphatic heterocycles. The molecular weight excluding hydrogens is 512 g/mol. The van der Waals surface area contributed by atoms with Crippen molar-refractivity contribution in [3.8, 4) is 0 Å². The molecule has 0 fully saturated rings. The Morgan fingerprint density at radius 2 is 1.06 bits per heavy atom. The van der Waals surface area contributed by atoms with Gasteiger partial charge in [-0.25, -0.2) is 8.42 Å². The van der Waals surface area contributed by atoms with E-state index in [1.165, 1.54) is 62.8 Å². The van der Waals surface area contributed by atoms with Gasteiger partial charge in [-0.2, -0.15) is 8.42 Å². The van der Waals surface area contributed by atoms with Crippen LogP contribution >= 0.6 is 0 Å². The summed E-state index contributed by atoms with van der Waals surface area (Å²) >= 11 is 0. The Balaban J connectivity index is 0.00000612. The van der Waals surface area contributed by atoms with Crippen LogP contribution in [0.4, 0.5) is 0 Å². The summed E-state index contributed by atoms with van der Waals surface area (Å²) in [6.07, 6.45) is 11.0. The van der Waals surface area contributed by atoms with Crippen molar-refractivity contribution in [3.05, 3.63) is 71.8 Å². The standard InChI is InChI=1S/C26H38O6S2.K/c1-2-3-4-5-6-7-8-9-10-17-22-32-34(30,31)26(24-20-15-12-16-21-24)25(33(27,28)29)23-18-13-11-14-19-23;/h11-16,18-21,25-26H,2-10,17,22H2,1H3,(H,27,28,29);/q;+1/p-1. The van der Waals surface area contributed by atoms with E-state index in [4.69, 9.17) is 4.18 Å². The van der Waals surface area contributed by atoms with Crippen molar-refractivity contribution < 1.29 is 77.0 Å². The van der Waals surface area contributed by atoms with Crippen LogP contribution < -0.4 is 51.4 Å². The van der Waals surface area contributed by atoms with Gasteiger partial charge in [0.1, 0.15) is 15.4 Å². The molecule has 2 atom stereocenters. The summed E-state index contributed by atoms with van der Waals surface area (Å²) in [5.41, 5.74) is 0.330. The van der Waals surface area contributed by atoms with Crippen LogP contribution in [0.15, 0.2) is 60.7 Å². The third kappa shape index (κ3) is 11.9. The molecule has 0 radical (unpaired) electrons. The zero-order valence-corrected chi connectivity index (χ0v) is 25.7. The fraction of sp³-hybridized carbons (Fsp3) is 0.538. The Morgan fingerprint density at radius 3 is 1.49 bits per heavy atom. The van der Waals surface area contributed by atoms with E-state index in [0.29, 0.717) is 6.42 Å². The minimum Gasteiger partial charge on any atom is -0.747 e. The fourth-order valence-electron chi connectivity index (χ4n) is 4.11. The molecule has 190 valence electrons. The Morgan fingerprint density at radius 1 is 0.657 bits per heavy atom. The molecule has 35 heavy (non-hydrogen) atoms. The van der Waals surface area contributed by atoms with Crippen molar-refractivity contribution in [2.45, 2.75) is 81.6 Å². The van der Waals surface area contributed by atoms with E-state index in [-0.39, 0.29) is 69.1 Å². The summed E-state index contributed by atoms with van der Waals surface area (Å²) in [7, 11) is -9.41. The number of rotatable bonds is 17. The fourth-order valence-corrected chi connectivity index (χ4v) is 7.32. The van der Waals surface area contributed by atoms with Gasteiger partial charge in [-0.05, 0) is 17.5 Å². The van der Waals surface area contributed by atoms with Gasteiger partial charge in [0.25, 0.3) is 10.1 Å². The molecule has 6 nitrogen and oxygen atoms in total. The van der Waals surface area contributed by atoms with Gasteiger partial charge in [0.2, 0.25) is 0 Å². The van der Waals surface area contributed by atoms with E-state index >= 15 is 0 Å². The molecule has 2 aromatic rings. The van der Waals surface area contributed by atoms with Gasteiger partial charge in [-0.15, -0.1) is 0 Å². The molecule has 0 N–H and O–H groups in total. The average molecular weight is 549 g/mol. The number of hydrogen-bond acceptors (Lipinski definition) is 6. The van der Waals surface area contributed by atoms with Gasteiger partial charge in [0, 0.05) is 0 Å². The van der Waals surface area contributed by atoms with Crippen LogP contribution in [-0.4, -0.2) is 28.0 Å².